The summed E-state index contributed by atoms with van der Waals surface area (Å²) < 4.78 is 0. The number of nitrogens with one attached hydrogen (secondary N) is 1. The monoisotopic (exact) mass is 217 g/mol. The molecule has 1 nitrogen and oxygen atoms in total. The molecule has 1 N–H and O–H groups in total. The molecule has 0 saturated carbocycles. The van der Waals surface area contributed by atoms with Gasteiger partial charge in [-0.15, -0.1) is 0 Å². The lowest BCUT2D eigenvalue weighted by Gasteiger charge is -2.26. The van der Waals surface area contributed by atoms with E-state index in [2.05, 4.69) is 32.3 Å². The second kappa shape index (κ2) is 9.85. The Balaban J connectivity index is 3.92. The first-order valence-electron chi connectivity index (χ1n) is 6.02. The lowest BCUT2D eigenvalue weighted by atomic mass is 9.92. The molecular formula is C12H27NS. The second-order valence-corrected chi connectivity index (χ2v) is 4.90. The largest absolute Gasteiger partial charge is 0.314 e. The van der Waals surface area contributed by atoms with E-state index in [0.717, 1.165) is 12.0 Å². The highest BCUT2D eigenvalue weighted by molar-refractivity contribution is 7.98. The minimum Gasteiger partial charge on any atom is -0.314 e. The summed E-state index contributed by atoms with van der Waals surface area (Å²) in [6.07, 6.45) is 7.39. The summed E-state index contributed by atoms with van der Waals surface area (Å²) in [6, 6.07) is 0.748. The van der Waals surface area contributed by atoms with E-state index in [1.807, 2.05) is 11.8 Å². The molecule has 0 aliphatic heterocycles. The van der Waals surface area contributed by atoms with Gasteiger partial charge in [0, 0.05) is 6.04 Å². The van der Waals surface area contributed by atoms with Crippen molar-refractivity contribution in [2.75, 3.05) is 18.6 Å². The van der Waals surface area contributed by atoms with Crippen LogP contribution in [0.15, 0.2) is 0 Å². The SMILES string of the molecule is CCCNC(CCSC)C(CC)CC. The summed E-state index contributed by atoms with van der Waals surface area (Å²) >= 11 is 1.96. The van der Waals surface area contributed by atoms with E-state index in [4.69, 9.17) is 0 Å². The van der Waals surface area contributed by atoms with Crippen molar-refractivity contribution in [1.82, 2.24) is 5.32 Å². The minimum atomic E-state index is 0.748. The van der Waals surface area contributed by atoms with Crippen molar-refractivity contribution in [3.8, 4) is 0 Å². The first kappa shape index (κ1) is 14.3. The predicted molar refractivity (Wildman–Crippen MR) is 69.2 cm³/mol. The molecule has 0 bridgehead atoms. The molecule has 0 aliphatic carbocycles. The molecule has 0 rings (SSSR count). The van der Waals surface area contributed by atoms with Crippen molar-refractivity contribution < 1.29 is 0 Å². The Hall–Kier alpha value is 0.310. The predicted octanol–water partition coefficient (Wildman–Crippen LogP) is 3.54. The van der Waals surface area contributed by atoms with Crippen LogP contribution in [0, 0.1) is 5.92 Å². The van der Waals surface area contributed by atoms with Crippen LogP contribution in [0.5, 0.6) is 0 Å². The van der Waals surface area contributed by atoms with E-state index >= 15 is 0 Å². The molecule has 1 unspecified atom stereocenters. The molecular weight excluding hydrogens is 190 g/mol. The molecule has 0 spiro atoms. The number of thioether (sulfide) groups is 1. The van der Waals surface area contributed by atoms with E-state index < -0.39 is 0 Å². The molecule has 0 saturated heterocycles. The molecule has 86 valence electrons. The van der Waals surface area contributed by atoms with Crippen LogP contribution in [0.4, 0.5) is 0 Å². The standard InChI is InChI=1S/C12H27NS/c1-5-9-13-12(8-10-14-4)11(6-2)7-3/h11-13H,5-10H2,1-4H3. The van der Waals surface area contributed by atoms with Crippen LogP contribution in [0.2, 0.25) is 0 Å². The highest BCUT2D eigenvalue weighted by Gasteiger charge is 2.16. The van der Waals surface area contributed by atoms with E-state index in [9.17, 15) is 0 Å². The minimum absolute atomic E-state index is 0.748. The van der Waals surface area contributed by atoms with Crippen molar-refractivity contribution in [3.05, 3.63) is 0 Å². The first-order chi connectivity index (χ1) is 6.79. The van der Waals surface area contributed by atoms with Gasteiger partial charge in [0.05, 0.1) is 0 Å². The first-order valence-corrected chi connectivity index (χ1v) is 7.41. The number of hydrogen-bond donors (Lipinski definition) is 1. The Morgan fingerprint density at radius 3 is 2.21 bits per heavy atom. The number of hydrogen-bond acceptors (Lipinski definition) is 2. The maximum absolute atomic E-state index is 3.69. The van der Waals surface area contributed by atoms with Crippen molar-refractivity contribution >= 4 is 11.8 Å². The van der Waals surface area contributed by atoms with Gasteiger partial charge >= 0.3 is 0 Å². The molecule has 0 radical (unpaired) electrons. The van der Waals surface area contributed by atoms with Gasteiger partial charge in [-0.05, 0) is 37.3 Å². The Labute approximate surface area is 94.4 Å². The highest BCUT2D eigenvalue weighted by Crippen LogP contribution is 2.17. The average molecular weight is 217 g/mol. The molecule has 0 aromatic rings. The third-order valence-corrected chi connectivity index (χ3v) is 3.55. The van der Waals surface area contributed by atoms with Gasteiger partial charge in [0.25, 0.3) is 0 Å². The Bertz CT molecular complexity index is 105. The molecule has 0 aliphatic rings. The van der Waals surface area contributed by atoms with Gasteiger partial charge < -0.3 is 5.32 Å². The maximum Gasteiger partial charge on any atom is 0.0103 e. The number of rotatable bonds is 9. The molecule has 0 aromatic carbocycles. The van der Waals surface area contributed by atoms with E-state index in [-0.39, 0.29) is 0 Å². The lowest BCUT2D eigenvalue weighted by molar-refractivity contribution is 0.328. The normalized spacial score (nSPS) is 13.5. The van der Waals surface area contributed by atoms with Crippen molar-refractivity contribution in [2.45, 2.75) is 52.5 Å². The van der Waals surface area contributed by atoms with Crippen LogP contribution in [-0.2, 0) is 0 Å². The topological polar surface area (TPSA) is 12.0 Å². The van der Waals surface area contributed by atoms with Crippen LogP contribution in [0.25, 0.3) is 0 Å². The zero-order valence-electron chi connectivity index (χ0n) is 10.3. The lowest BCUT2D eigenvalue weighted by Crippen LogP contribution is -2.36. The summed E-state index contributed by atoms with van der Waals surface area (Å²) in [4.78, 5) is 0. The third kappa shape index (κ3) is 5.92. The van der Waals surface area contributed by atoms with E-state index in [0.29, 0.717) is 0 Å². The Morgan fingerprint density at radius 2 is 1.79 bits per heavy atom. The summed E-state index contributed by atoms with van der Waals surface area (Å²) in [7, 11) is 0. The second-order valence-electron chi connectivity index (χ2n) is 3.92. The van der Waals surface area contributed by atoms with Gasteiger partial charge in [-0.1, -0.05) is 33.6 Å². The molecule has 0 amide bonds. The third-order valence-electron chi connectivity index (χ3n) is 2.91. The van der Waals surface area contributed by atoms with Crippen molar-refractivity contribution in [2.24, 2.45) is 5.92 Å². The van der Waals surface area contributed by atoms with Crippen LogP contribution < -0.4 is 5.32 Å². The van der Waals surface area contributed by atoms with Gasteiger partial charge in [0.2, 0.25) is 0 Å². The molecule has 0 aromatic heterocycles. The summed E-state index contributed by atoms with van der Waals surface area (Å²) in [5, 5.41) is 3.69. The van der Waals surface area contributed by atoms with Gasteiger partial charge in [0.1, 0.15) is 0 Å². The zero-order chi connectivity index (χ0) is 10.8. The molecule has 2 heteroatoms. The van der Waals surface area contributed by atoms with E-state index in [1.54, 1.807) is 0 Å². The summed E-state index contributed by atoms with van der Waals surface area (Å²) in [5.74, 6) is 2.16. The zero-order valence-corrected chi connectivity index (χ0v) is 11.1. The van der Waals surface area contributed by atoms with Crippen LogP contribution in [-0.4, -0.2) is 24.6 Å². The quantitative estimate of drug-likeness (QED) is 0.634. The highest BCUT2D eigenvalue weighted by atomic mass is 32.2. The van der Waals surface area contributed by atoms with E-state index in [1.165, 1.54) is 38.0 Å². The van der Waals surface area contributed by atoms with Gasteiger partial charge in [-0.25, -0.2) is 0 Å². The fourth-order valence-corrected chi connectivity index (χ4v) is 2.43. The van der Waals surface area contributed by atoms with Crippen LogP contribution >= 0.6 is 11.8 Å². The molecule has 0 heterocycles. The van der Waals surface area contributed by atoms with Gasteiger partial charge in [0.15, 0.2) is 0 Å². The molecule has 1 atom stereocenters. The molecule has 14 heavy (non-hydrogen) atoms. The van der Waals surface area contributed by atoms with Crippen molar-refractivity contribution in [1.29, 1.82) is 0 Å². The average Bonchev–Trinajstić information content (AvgIpc) is 2.22. The van der Waals surface area contributed by atoms with Crippen molar-refractivity contribution in [3.63, 3.8) is 0 Å². The van der Waals surface area contributed by atoms with Crippen LogP contribution in [0.1, 0.15) is 46.5 Å². The fourth-order valence-electron chi connectivity index (χ4n) is 1.94. The smallest absolute Gasteiger partial charge is 0.0103 e. The maximum atomic E-state index is 3.69. The molecule has 0 fully saturated rings. The fraction of sp³-hybridized carbons (Fsp3) is 1.00. The summed E-state index contributed by atoms with van der Waals surface area (Å²) in [6.45, 7) is 8.04. The van der Waals surface area contributed by atoms with Gasteiger partial charge in [-0.3, -0.25) is 0 Å². The Morgan fingerprint density at radius 1 is 1.14 bits per heavy atom. The van der Waals surface area contributed by atoms with Crippen LogP contribution in [0.3, 0.4) is 0 Å². The summed E-state index contributed by atoms with van der Waals surface area (Å²) in [5.41, 5.74) is 0. The van der Waals surface area contributed by atoms with Gasteiger partial charge in [-0.2, -0.15) is 11.8 Å². The Kier molecular flexibility index (Phi) is 10.1.